The molecular formula is C31H21N. The number of benzene rings is 5. The maximum Gasteiger partial charge on any atom is 0.0541 e. The minimum Gasteiger partial charge on any atom is -0.309 e. The van der Waals surface area contributed by atoms with Crippen LogP contribution in [0.4, 0.5) is 0 Å². The second-order valence-electron chi connectivity index (χ2n) is 8.63. The predicted molar refractivity (Wildman–Crippen MR) is 134 cm³/mol. The van der Waals surface area contributed by atoms with Gasteiger partial charge in [0.05, 0.1) is 11.0 Å². The zero-order valence-corrected chi connectivity index (χ0v) is 17.6. The Morgan fingerprint density at radius 3 is 2.09 bits per heavy atom. The van der Waals surface area contributed by atoms with Gasteiger partial charge in [0.25, 0.3) is 0 Å². The summed E-state index contributed by atoms with van der Waals surface area (Å²) in [5.41, 5.74) is 11.9. The van der Waals surface area contributed by atoms with Gasteiger partial charge < -0.3 is 4.57 Å². The first-order chi connectivity index (χ1) is 15.9. The standard InChI is InChI=1S/C31H21N/c1-2-9-25(10-3-1)32-30-13-7-6-12-28(30)29-20-22(15-17-31(29)32)21-14-16-27-24(18-21)19-23-8-4-5-11-26(23)27/h1-18,20H,19H2. The highest BCUT2D eigenvalue weighted by atomic mass is 15.0. The second kappa shape index (κ2) is 6.70. The van der Waals surface area contributed by atoms with E-state index in [1.54, 1.807) is 0 Å². The summed E-state index contributed by atoms with van der Waals surface area (Å²) in [7, 11) is 0. The number of hydrogen-bond acceptors (Lipinski definition) is 0. The highest BCUT2D eigenvalue weighted by Gasteiger charge is 2.19. The van der Waals surface area contributed by atoms with E-state index in [4.69, 9.17) is 0 Å². The monoisotopic (exact) mass is 407 g/mol. The van der Waals surface area contributed by atoms with Crippen molar-refractivity contribution in [2.45, 2.75) is 6.42 Å². The van der Waals surface area contributed by atoms with Gasteiger partial charge in [0, 0.05) is 16.5 Å². The molecule has 0 amide bonds. The van der Waals surface area contributed by atoms with Gasteiger partial charge in [-0.1, -0.05) is 84.9 Å². The van der Waals surface area contributed by atoms with E-state index in [0.717, 1.165) is 6.42 Å². The van der Waals surface area contributed by atoms with Gasteiger partial charge in [-0.3, -0.25) is 0 Å². The van der Waals surface area contributed by atoms with Crippen LogP contribution in [0.5, 0.6) is 0 Å². The van der Waals surface area contributed by atoms with Crippen LogP contribution in [-0.4, -0.2) is 4.57 Å². The summed E-state index contributed by atoms with van der Waals surface area (Å²) in [5, 5.41) is 2.59. The summed E-state index contributed by atoms with van der Waals surface area (Å²) in [6, 6.07) is 42.0. The van der Waals surface area contributed by atoms with Crippen LogP contribution in [0.15, 0.2) is 115 Å². The summed E-state index contributed by atoms with van der Waals surface area (Å²) in [5.74, 6) is 0. The molecule has 1 aliphatic rings. The van der Waals surface area contributed by atoms with Gasteiger partial charge in [0.1, 0.15) is 0 Å². The number of aromatic nitrogens is 1. The maximum atomic E-state index is 2.38. The lowest BCUT2D eigenvalue weighted by molar-refractivity contribution is 1.18. The molecule has 1 heterocycles. The Balaban J connectivity index is 1.42. The highest BCUT2D eigenvalue weighted by Crippen LogP contribution is 2.40. The smallest absolute Gasteiger partial charge is 0.0541 e. The second-order valence-corrected chi connectivity index (χ2v) is 8.63. The fourth-order valence-electron chi connectivity index (χ4n) is 5.33. The van der Waals surface area contributed by atoms with E-state index in [0.29, 0.717) is 0 Å². The van der Waals surface area contributed by atoms with Gasteiger partial charge >= 0.3 is 0 Å². The number of hydrogen-bond donors (Lipinski definition) is 0. The normalized spacial score (nSPS) is 12.2. The van der Waals surface area contributed by atoms with E-state index in [-0.39, 0.29) is 0 Å². The SMILES string of the molecule is c1ccc(-n2c3ccccc3c3cc(-c4ccc5c(c4)Cc4ccccc4-5)ccc32)cc1. The van der Waals surface area contributed by atoms with Gasteiger partial charge in [0.15, 0.2) is 0 Å². The van der Waals surface area contributed by atoms with Gasteiger partial charge in [-0.15, -0.1) is 0 Å². The minimum atomic E-state index is 1.02. The lowest BCUT2D eigenvalue weighted by atomic mass is 9.98. The molecule has 0 bridgehead atoms. The first-order valence-corrected chi connectivity index (χ1v) is 11.2. The summed E-state index contributed by atoms with van der Waals surface area (Å²) in [6.07, 6.45) is 1.02. The Bertz CT molecular complexity index is 1640. The third-order valence-electron chi connectivity index (χ3n) is 6.81. The fourth-order valence-corrected chi connectivity index (χ4v) is 5.33. The molecule has 32 heavy (non-hydrogen) atoms. The molecule has 1 aromatic heterocycles. The molecule has 1 nitrogen and oxygen atoms in total. The molecule has 0 radical (unpaired) electrons. The topological polar surface area (TPSA) is 4.93 Å². The molecule has 0 atom stereocenters. The van der Waals surface area contributed by atoms with Crippen molar-refractivity contribution >= 4 is 21.8 Å². The Kier molecular flexibility index (Phi) is 3.68. The van der Waals surface area contributed by atoms with Crippen LogP contribution in [0, 0.1) is 0 Å². The van der Waals surface area contributed by atoms with Crippen molar-refractivity contribution in [2.75, 3.05) is 0 Å². The lowest BCUT2D eigenvalue weighted by Gasteiger charge is -2.09. The Labute approximate surface area is 187 Å². The van der Waals surface area contributed by atoms with Crippen LogP contribution in [0.25, 0.3) is 49.7 Å². The van der Waals surface area contributed by atoms with Crippen molar-refractivity contribution in [1.82, 2.24) is 4.57 Å². The number of para-hydroxylation sites is 2. The first-order valence-electron chi connectivity index (χ1n) is 11.2. The summed E-state index contributed by atoms with van der Waals surface area (Å²) in [6.45, 7) is 0. The van der Waals surface area contributed by atoms with Gasteiger partial charge in [0.2, 0.25) is 0 Å². The maximum absolute atomic E-state index is 2.38. The Morgan fingerprint density at radius 1 is 0.469 bits per heavy atom. The molecule has 0 saturated carbocycles. The number of rotatable bonds is 2. The van der Waals surface area contributed by atoms with Crippen LogP contribution in [0.3, 0.4) is 0 Å². The highest BCUT2D eigenvalue weighted by molar-refractivity contribution is 6.10. The molecule has 0 N–H and O–H groups in total. The molecule has 150 valence electrons. The number of fused-ring (bicyclic) bond motifs is 6. The molecule has 6 aromatic rings. The molecule has 7 rings (SSSR count). The van der Waals surface area contributed by atoms with E-state index in [2.05, 4.69) is 120 Å². The van der Waals surface area contributed by atoms with Crippen LogP contribution < -0.4 is 0 Å². The molecule has 0 spiro atoms. The zero-order chi connectivity index (χ0) is 21.1. The van der Waals surface area contributed by atoms with Crippen molar-refractivity contribution in [3.63, 3.8) is 0 Å². The van der Waals surface area contributed by atoms with Crippen LogP contribution in [0.1, 0.15) is 11.1 Å². The van der Waals surface area contributed by atoms with Crippen molar-refractivity contribution < 1.29 is 0 Å². The van der Waals surface area contributed by atoms with Gasteiger partial charge in [-0.2, -0.15) is 0 Å². The van der Waals surface area contributed by atoms with Crippen LogP contribution in [0.2, 0.25) is 0 Å². The first kappa shape index (κ1) is 17.6. The van der Waals surface area contributed by atoms with Gasteiger partial charge in [-0.25, -0.2) is 0 Å². The van der Waals surface area contributed by atoms with Crippen molar-refractivity contribution in [3.8, 4) is 27.9 Å². The third kappa shape index (κ3) is 2.52. The minimum absolute atomic E-state index is 1.02. The molecule has 5 aromatic carbocycles. The number of nitrogens with zero attached hydrogens (tertiary/aromatic N) is 1. The molecule has 0 fully saturated rings. The van der Waals surface area contributed by atoms with E-state index in [1.807, 2.05) is 0 Å². The van der Waals surface area contributed by atoms with Crippen molar-refractivity contribution in [1.29, 1.82) is 0 Å². The summed E-state index contributed by atoms with van der Waals surface area (Å²) >= 11 is 0. The van der Waals surface area contributed by atoms with E-state index >= 15 is 0 Å². The van der Waals surface area contributed by atoms with E-state index in [1.165, 1.54) is 60.9 Å². The Morgan fingerprint density at radius 2 is 1.16 bits per heavy atom. The predicted octanol–water partition coefficient (Wildman–Crippen LogP) is 8.02. The molecule has 1 aliphatic carbocycles. The van der Waals surface area contributed by atoms with Gasteiger partial charge in [-0.05, 0) is 70.1 Å². The molecular weight excluding hydrogens is 386 g/mol. The summed E-state index contributed by atoms with van der Waals surface area (Å²) in [4.78, 5) is 0. The van der Waals surface area contributed by atoms with Crippen molar-refractivity contribution in [3.05, 3.63) is 126 Å². The average molecular weight is 408 g/mol. The van der Waals surface area contributed by atoms with Crippen molar-refractivity contribution in [2.24, 2.45) is 0 Å². The molecule has 0 unspecified atom stereocenters. The Hall–Kier alpha value is -4.10. The quantitative estimate of drug-likeness (QED) is 0.273. The van der Waals surface area contributed by atoms with E-state index < -0.39 is 0 Å². The molecule has 0 aliphatic heterocycles. The average Bonchev–Trinajstić information content (AvgIpc) is 3.39. The van der Waals surface area contributed by atoms with Crippen LogP contribution >= 0.6 is 0 Å². The zero-order valence-electron chi connectivity index (χ0n) is 17.6. The fraction of sp³-hybridized carbons (Fsp3) is 0.0323. The molecule has 0 saturated heterocycles. The largest absolute Gasteiger partial charge is 0.309 e. The molecule has 1 heteroatoms. The lowest BCUT2D eigenvalue weighted by Crippen LogP contribution is -1.92. The van der Waals surface area contributed by atoms with Crippen LogP contribution in [-0.2, 0) is 6.42 Å². The van der Waals surface area contributed by atoms with E-state index in [9.17, 15) is 0 Å². The summed E-state index contributed by atoms with van der Waals surface area (Å²) < 4.78 is 2.37. The third-order valence-corrected chi connectivity index (χ3v) is 6.81.